The Morgan fingerprint density at radius 1 is 1.24 bits per heavy atom. The fourth-order valence-corrected chi connectivity index (χ4v) is 8.00. The molecule has 1 heterocycles. The fourth-order valence-electron chi connectivity index (χ4n) is 8.00. The number of ether oxygens (including phenoxy) is 4. The molecule has 9 heteroatoms. The van der Waals surface area contributed by atoms with Gasteiger partial charge in [-0.25, -0.2) is 0 Å². The average molecular weight is 460 g/mol. The van der Waals surface area contributed by atoms with Crippen molar-refractivity contribution in [2.24, 2.45) is 28.6 Å². The van der Waals surface area contributed by atoms with Crippen molar-refractivity contribution in [2.45, 2.75) is 63.4 Å². The number of methoxy groups -OCH3 is 1. The Morgan fingerprint density at radius 3 is 2.55 bits per heavy atom. The number of fused-ring (bicyclic) bond motifs is 1. The Balaban J connectivity index is 1.73. The van der Waals surface area contributed by atoms with Crippen LogP contribution in [0.25, 0.3) is 0 Å². The second-order valence-corrected chi connectivity index (χ2v) is 10.3. The molecule has 0 radical (unpaired) electrons. The van der Waals surface area contributed by atoms with E-state index < -0.39 is 75.9 Å². The molecular formula is C24H28O9. The van der Waals surface area contributed by atoms with Gasteiger partial charge in [0.2, 0.25) is 0 Å². The summed E-state index contributed by atoms with van der Waals surface area (Å²) in [5, 5.41) is 11.6. The van der Waals surface area contributed by atoms with Crippen molar-refractivity contribution in [3.63, 3.8) is 0 Å². The highest BCUT2D eigenvalue weighted by molar-refractivity contribution is 5.87. The minimum absolute atomic E-state index is 0.169. The molecule has 5 aliphatic rings. The van der Waals surface area contributed by atoms with E-state index in [9.17, 15) is 24.3 Å². The van der Waals surface area contributed by atoms with Crippen LogP contribution < -0.4 is 0 Å². The lowest BCUT2D eigenvalue weighted by atomic mass is 9.60. The number of carbonyl (C=O) groups is 4. The highest BCUT2D eigenvalue weighted by atomic mass is 16.6. The third kappa shape index (κ3) is 2.31. The quantitative estimate of drug-likeness (QED) is 0.376. The van der Waals surface area contributed by atoms with E-state index in [2.05, 4.69) is 6.58 Å². The van der Waals surface area contributed by atoms with E-state index in [0.717, 1.165) is 0 Å². The monoisotopic (exact) mass is 460 g/mol. The Morgan fingerprint density at radius 2 is 1.94 bits per heavy atom. The van der Waals surface area contributed by atoms with Gasteiger partial charge in [-0.15, -0.1) is 0 Å². The molecule has 1 aliphatic heterocycles. The number of hydrogen-bond acceptors (Lipinski definition) is 9. The summed E-state index contributed by atoms with van der Waals surface area (Å²) < 4.78 is 22.5. The molecule has 5 rings (SSSR count). The van der Waals surface area contributed by atoms with Crippen LogP contribution in [0.4, 0.5) is 0 Å². The summed E-state index contributed by atoms with van der Waals surface area (Å²) in [6.45, 7) is 8.26. The Labute approximate surface area is 191 Å². The van der Waals surface area contributed by atoms with E-state index in [1.807, 2.05) is 0 Å². The van der Waals surface area contributed by atoms with Gasteiger partial charge in [0, 0.05) is 37.5 Å². The van der Waals surface area contributed by atoms with E-state index in [1.165, 1.54) is 21.0 Å². The second kappa shape index (κ2) is 6.46. The van der Waals surface area contributed by atoms with Crippen LogP contribution in [-0.2, 0) is 38.1 Å². The number of aliphatic hydroxyl groups is 1. The molecule has 0 amide bonds. The highest BCUT2D eigenvalue weighted by Crippen LogP contribution is 2.78. The SMILES string of the molecule is C=C1C(O)[C@]23C[C@@]1(OC(C)=O)CC[C@H]2[C@@]12C=C[C@H](OC(C)=O)[C@@](C)(C(=O)O1)C2C3C(=O)OC. The molecule has 3 unspecified atom stereocenters. The summed E-state index contributed by atoms with van der Waals surface area (Å²) in [5.41, 5.74) is -4.44. The molecular weight excluding hydrogens is 432 g/mol. The maximum Gasteiger partial charge on any atom is 0.317 e. The molecule has 0 aromatic carbocycles. The summed E-state index contributed by atoms with van der Waals surface area (Å²) in [6.07, 6.45) is 2.23. The third-order valence-electron chi connectivity index (χ3n) is 9.01. The first-order valence-corrected chi connectivity index (χ1v) is 11.2. The molecule has 4 fully saturated rings. The fraction of sp³-hybridized carbons (Fsp3) is 0.667. The van der Waals surface area contributed by atoms with Crippen LogP contribution in [0, 0.1) is 28.6 Å². The van der Waals surface area contributed by atoms with Crippen LogP contribution in [0.2, 0.25) is 0 Å². The number of esters is 4. The first kappa shape index (κ1) is 22.1. The van der Waals surface area contributed by atoms with Crippen LogP contribution in [-0.4, -0.2) is 59.5 Å². The van der Waals surface area contributed by atoms with Crippen molar-refractivity contribution in [2.75, 3.05) is 7.11 Å². The van der Waals surface area contributed by atoms with Gasteiger partial charge < -0.3 is 24.1 Å². The topological polar surface area (TPSA) is 125 Å². The van der Waals surface area contributed by atoms with Gasteiger partial charge in [-0.05, 0) is 37.5 Å². The lowest BCUT2D eigenvalue weighted by Gasteiger charge is -2.46. The van der Waals surface area contributed by atoms with Gasteiger partial charge in [-0.3, -0.25) is 19.2 Å². The average Bonchev–Trinajstić information content (AvgIpc) is 3.15. The lowest BCUT2D eigenvalue weighted by molar-refractivity contribution is -0.174. The van der Waals surface area contributed by atoms with Crippen LogP contribution in [0.1, 0.15) is 40.0 Å². The number of aliphatic hydroxyl groups excluding tert-OH is 1. The van der Waals surface area contributed by atoms with Gasteiger partial charge in [0.25, 0.3) is 0 Å². The van der Waals surface area contributed by atoms with Gasteiger partial charge in [0.05, 0.1) is 19.1 Å². The van der Waals surface area contributed by atoms with Crippen LogP contribution in [0.15, 0.2) is 24.3 Å². The molecule has 9 nitrogen and oxygen atoms in total. The summed E-state index contributed by atoms with van der Waals surface area (Å²) in [5.74, 6) is -4.40. The molecule has 0 aromatic rings. The predicted octanol–water partition coefficient (Wildman–Crippen LogP) is 1.23. The predicted molar refractivity (Wildman–Crippen MR) is 110 cm³/mol. The van der Waals surface area contributed by atoms with E-state index in [4.69, 9.17) is 18.9 Å². The van der Waals surface area contributed by atoms with E-state index >= 15 is 0 Å². The van der Waals surface area contributed by atoms with Crippen molar-refractivity contribution >= 4 is 23.9 Å². The lowest BCUT2D eigenvalue weighted by Crippen LogP contribution is -2.52. The van der Waals surface area contributed by atoms with E-state index in [1.54, 1.807) is 19.1 Å². The van der Waals surface area contributed by atoms with Crippen molar-refractivity contribution < 1.29 is 43.2 Å². The van der Waals surface area contributed by atoms with Gasteiger partial charge in [-0.2, -0.15) is 0 Å². The Hall–Kier alpha value is -2.68. The Bertz CT molecular complexity index is 1030. The first-order chi connectivity index (χ1) is 15.4. The maximum atomic E-state index is 13.4. The van der Waals surface area contributed by atoms with Gasteiger partial charge >= 0.3 is 23.9 Å². The number of rotatable bonds is 3. The summed E-state index contributed by atoms with van der Waals surface area (Å²) >= 11 is 0. The molecule has 178 valence electrons. The molecule has 1 saturated heterocycles. The maximum absolute atomic E-state index is 13.4. The second-order valence-electron chi connectivity index (χ2n) is 10.3. The minimum Gasteiger partial charge on any atom is -0.469 e. The van der Waals surface area contributed by atoms with E-state index in [-0.39, 0.29) is 6.42 Å². The van der Waals surface area contributed by atoms with Crippen molar-refractivity contribution in [3.05, 3.63) is 24.3 Å². The molecule has 0 aromatic heterocycles. The normalized spacial score (nSPS) is 48.6. The van der Waals surface area contributed by atoms with E-state index in [0.29, 0.717) is 18.4 Å². The molecule has 1 N–H and O–H groups in total. The number of hydrogen-bond donors (Lipinski definition) is 1. The largest absolute Gasteiger partial charge is 0.469 e. The zero-order chi connectivity index (χ0) is 24.1. The Kier molecular flexibility index (Phi) is 4.33. The number of carbonyl (C=O) groups excluding carboxylic acids is 4. The zero-order valence-electron chi connectivity index (χ0n) is 19.1. The van der Waals surface area contributed by atoms with Crippen LogP contribution >= 0.6 is 0 Å². The van der Waals surface area contributed by atoms with Gasteiger partial charge in [0.1, 0.15) is 22.7 Å². The minimum atomic E-state index is -1.36. The molecule has 1 spiro atoms. The molecule has 4 bridgehead atoms. The van der Waals surface area contributed by atoms with Crippen LogP contribution in [0.3, 0.4) is 0 Å². The highest BCUT2D eigenvalue weighted by Gasteiger charge is 2.86. The standard InChI is InChI=1S/C24H28O9/c1-11-18(27)23-10-22(11,32-13(3)26)8-6-14(23)24-9-7-15(31-12(2)25)21(4,20(29)33-24)17(24)16(23)19(28)30-5/h7,9,14-18,27H,1,6,8,10H2,2-5H3/t14-,15+,16?,17?,18?,21-,22+,23-,24-/m1/s1. The molecule has 3 saturated carbocycles. The van der Waals surface area contributed by atoms with Crippen LogP contribution in [0.5, 0.6) is 0 Å². The third-order valence-corrected chi connectivity index (χ3v) is 9.01. The molecule has 9 atom stereocenters. The summed E-state index contributed by atoms with van der Waals surface area (Å²) in [7, 11) is 1.26. The van der Waals surface area contributed by atoms with Gasteiger partial charge in [-0.1, -0.05) is 6.58 Å². The van der Waals surface area contributed by atoms with Crippen molar-refractivity contribution in [1.29, 1.82) is 0 Å². The molecule has 4 aliphatic carbocycles. The zero-order valence-corrected chi connectivity index (χ0v) is 19.1. The first-order valence-electron chi connectivity index (χ1n) is 11.2. The summed E-state index contributed by atoms with van der Waals surface area (Å²) in [4.78, 5) is 50.5. The van der Waals surface area contributed by atoms with Gasteiger partial charge in [0.15, 0.2) is 0 Å². The van der Waals surface area contributed by atoms with Crippen molar-refractivity contribution in [1.82, 2.24) is 0 Å². The van der Waals surface area contributed by atoms with Crippen molar-refractivity contribution in [3.8, 4) is 0 Å². The smallest absolute Gasteiger partial charge is 0.317 e. The molecule has 33 heavy (non-hydrogen) atoms. The summed E-state index contributed by atoms with van der Waals surface area (Å²) in [6, 6.07) is 0.